The molecule has 1 aromatic rings. The van der Waals surface area contributed by atoms with E-state index in [1.807, 2.05) is 0 Å². The smallest absolute Gasteiger partial charge is 0.265 e. The van der Waals surface area contributed by atoms with Gasteiger partial charge in [0, 0.05) is 5.56 Å². The molecule has 0 spiro atoms. The summed E-state index contributed by atoms with van der Waals surface area (Å²) in [4.78, 5) is 25.6. The molecule has 0 aliphatic heterocycles. The van der Waals surface area contributed by atoms with Crippen molar-refractivity contribution >= 4 is 19.0 Å². The number of benzene rings is 1. The van der Waals surface area contributed by atoms with E-state index in [4.69, 9.17) is 0 Å². The van der Waals surface area contributed by atoms with Crippen LogP contribution >= 0.6 is 7.14 Å². The van der Waals surface area contributed by atoms with E-state index in [2.05, 4.69) is 6.58 Å². The number of carbonyl (C=O) groups excluding carboxylic acids is 2. The van der Waals surface area contributed by atoms with E-state index < -0.39 is 19.0 Å². The molecule has 22 heavy (non-hydrogen) atoms. The number of hydrogen-bond acceptors (Lipinski definition) is 4. The Kier molecular flexibility index (Phi) is 6.53. The third-order valence-corrected chi connectivity index (χ3v) is 3.76. The van der Waals surface area contributed by atoms with Crippen LogP contribution in [0.5, 0.6) is 0 Å². The number of hydrogen-bond donors (Lipinski definition) is 1. The minimum atomic E-state index is -2.57. The average molecular weight is 324 g/mol. The lowest BCUT2D eigenvalue weighted by atomic mass is 10.2. The predicted molar refractivity (Wildman–Crippen MR) is 85.5 cm³/mol. The summed E-state index contributed by atoms with van der Waals surface area (Å²) in [7, 11) is -2.57. The Bertz CT molecular complexity index is 582. The third kappa shape index (κ3) is 5.84. The topological polar surface area (TPSA) is 77.9 Å². The maximum atomic E-state index is 12.5. The second kappa shape index (κ2) is 7.92. The van der Waals surface area contributed by atoms with Gasteiger partial charge in [-0.3, -0.25) is 14.8 Å². The van der Waals surface area contributed by atoms with Crippen LogP contribution < -0.4 is 0 Å². The van der Waals surface area contributed by atoms with E-state index in [0.29, 0.717) is 10.6 Å². The van der Waals surface area contributed by atoms with E-state index in [9.17, 15) is 19.4 Å². The van der Waals surface area contributed by atoms with Gasteiger partial charge in [-0.15, -0.1) is 6.58 Å². The normalized spacial score (nSPS) is 10.9. The van der Waals surface area contributed by atoms with Crippen LogP contribution in [0.4, 0.5) is 0 Å². The number of carbonyl (C=O) groups is 2. The maximum Gasteiger partial charge on any atom is 0.265 e. The summed E-state index contributed by atoms with van der Waals surface area (Å²) >= 11 is 0. The van der Waals surface area contributed by atoms with Gasteiger partial charge in [0.1, 0.15) is 13.7 Å². The van der Waals surface area contributed by atoms with Crippen molar-refractivity contribution in [1.29, 1.82) is 0 Å². The lowest BCUT2D eigenvalue weighted by molar-refractivity contribution is -0.163. The summed E-state index contributed by atoms with van der Waals surface area (Å²) in [5.41, 5.74) is 0.400. The van der Waals surface area contributed by atoms with Gasteiger partial charge in [0.15, 0.2) is 0 Å². The zero-order chi connectivity index (χ0) is 16.8. The van der Waals surface area contributed by atoms with Crippen LogP contribution in [0.3, 0.4) is 0 Å². The van der Waals surface area contributed by atoms with Crippen LogP contribution in [0.25, 0.3) is 0 Å². The molecule has 0 bridgehead atoms. The molecule has 0 unspecified atom stereocenters. The molecular formula is C15H21N2O4P. The Morgan fingerprint density at radius 1 is 1.27 bits per heavy atom. The predicted octanol–water partition coefficient (Wildman–Crippen LogP) is 2.11. The van der Waals surface area contributed by atoms with Gasteiger partial charge in [-0.25, -0.2) is 5.06 Å². The van der Waals surface area contributed by atoms with Crippen molar-refractivity contribution in [2.24, 2.45) is 0 Å². The Hall–Kier alpha value is -1.91. The Labute approximate surface area is 130 Å². The Morgan fingerprint density at radius 2 is 1.86 bits per heavy atom. The highest BCUT2D eigenvalue weighted by molar-refractivity contribution is 7.62. The van der Waals surface area contributed by atoms with Crippen LogP contribution in [-0.4, -0.2) is 59.7 Å². The number of nitrogens with zero attached hydrogens (tertiary/aromatic N) is 2. The summed E-state index contributed by atoms with van der Waals surface area (Å²) in [5.74, 6) is -1.05. The molecule has 1 aromatic carbocycles. The highest BCUT2D eigenvalue weighted by Gasteiger charge is 2.25. The molecule has 0 fully saturated rings. The minimum Gasteiger partial charge on any atom is -0.322 e. The first-order valence-electron chi connectivity index (χ1n) is 6.73. The molecule has 7 heteroatoms. The molecule has 120 valence electrons. The van der Waals surface area contributed by atoms with Gasteiger partial charge in [-0.2, -0.15) is 0 Å². The van der Waals surface area contributed by atoms with Crippen LogP contribution in [0, 0.1) is 0 Å². The van der Waals surface area contributed by atoms with Crippen LogP contribution in [0.15, 0.2) is 43.0 Å². The average Bonchev–Trinajstić information content (AvgIpc) is 2.45. The fourth-order valence-corrected chi connectivity index (χ4v) is 2.88. The summed E-state index contributed by atoms with van der Waals surface area (Å²) < 4.78 is 12.0. The molecule has 0 saturated heterocycles. The van der Waals surface area contributed by atoms with Crippen molar-refractivity contribution in [3.63, 3.8) is 0 Å². The van der Waals surface area contributed by atoms with Gasteiger partial charge in [0.05, 0.1) is 12.8 Å². The standard InChI is InChI=1S/C15H21N2O4P/c1-4-10-17(20)14(18)11-16(12-22(2,3)21)15(19)13-8-6-5-7-9-13/h4-9,20H,1,10-12H2,2-3H3. The zero-order valence-corrected chi connectivity index (χ0v) is 13.7. The summed E-state index contributed by atoms with van der Waals surface area (Å²) in [6, 6.07) is 8.44. The van der Waals surface area contributed by atoms with Crippen LogP contribution in [0.1, 0.15) is 10.4 Å². The quantitative estimate of drug-likeness (QED) is 0.361. The molecule has 1 rings (SSSR count). The zero-order valence-electron chi connectivity index (χ0n) is 12.8. The third-order valence-electron chi connectivity index (χ3n) is 2.74. The number of hydroxylamine groups is 2. The van der Waals surface area contributed by atoms with Crippen molar-refractivity contribution in [3.05, 3.63) is 48.6 Å². The highest BCUT2D eigenvalue weighted by Crippen LogP contribution is 2.36. The molecule has 6 nitrogen and oxygen atoms in total. The van der Waals surface area contributed by atoms with Gasteiger partial charge >= 0.3 is 0 Å². The SMILES string of the molecule is C=CCN(O)C(=O)CN(CP(C)(C)=O)C(=O)c1ccccc1. The maximum absolute atomic E-state index is 12.5. The first-order chi connectivity index (χ1) is 10.2. The highest BCUT2D eigenvalue weighted by atomic mass is 31.2. The van der Waals surface area contributed by atoms with E-state index in [1.54, 1.807) is 43.7 Å². The van der Waals surface area contributed by atoms with Gasteiger partial charge < -0.3 is 9.46 Å². The fourth-order valence-electron chi connectivity index (χ4n) is 1.83. The largest absolute Gasteiger partial charge is 0.322 e. The molecular weight excluding hydrogens is 303 g/mol. The first-order valence-corrected chi connectivity index (χ1v) is 9.51. The molecule has 0 aliphatic rings. The molecule has 0 aromatic heterocycles. The van der Waals surface area contributed by atoms with Crippen molar-refractivity contribution in [2.45, 2.75) is 0 Å². The molecule has 2 amide bonds. The lowest BCUT2D eigenvalue weighted by Gasteiger charge is -2.25. The van der Waals surface area contributed by atoms with E-state index in [0.717, 1.165) is 0 Å². The van der Waals surface area contributed by atoms with E-state index >= 15 is 0 Å². The van der Waals surface area contributed by atoms with Crippen molar-refractivity contribution < 1.29 is 19.4 Å². The van der Waals surface area contributed by atoms with Crippen molar-refractivity contribution in [1.82, 2.24) is 9.96 Å². The summed E-state index contributed by atoms with van der Waals surface area (Å²) in [5, 5.41) is 10.0. The van der Waals surface area contributed by atoms with Crippen molar-refractivity contribution in [2.75, 3.05) is 32.7 Å². The Morgan fingerprint density at radius 3 is 2.36 bits per heavy atom. The van der Waals surface area contributed by atoms with Crippen LogP contribution in [-0.2, 0) is 9.36 Å². The second-order valence-electron chi connectivity index (χ2n) is 5.35. The Balaban J connectivity index is 2.94. The molecule has 0 aliphatic carbocycles. The second-order valence-corrected chi connectivity index (χ2v) is 8.78. The molecule has 0 heterocycles. The van der Waals surface area contributed by atoms with Gasteiger partial charge in [0.25, 0.3) is 11.8 Å². The number of amides is 2. The number of rotatable bonds is 7. The molecule has 0 saturated carbocycles. The molecule has 1 N–H and O–H groups in total. The minimum absolute atomic E-state index is 0.0333. The van der Waals surface area contributed by atoms with E-state index in [1.165, 1.54) is 11.0 Å². The fraction of sp³-hybridized carbons (Fsp3) is 0.333. The van der Waals surface area contributed by atoms with Crippen molar-refractivity contribution in [3.8, 4) is 0 Å². The van der Waals surface area contributed by atoms with E-state index in [-0.39, 0.29) is 19.4 Å². The lowest BCUT2D eigenvalue weighted by Crippen LogP contribution is -2.42. The summed E-state index contributed by atoms with van der Waals surface area (Å²) in [6.45, 7) is 6.13. The summed E-state index contributed by atoms with van der Waals surface area (Å²) in [6.07, 6.45) is 1.33. The van der Waals surface area contributed by atoms with Gasteiger partial charge in [-0.1, -0.05) is 24.3 Å². The molecule has 0 radical (unpaired) electrons. The first kappa shape index (κ1) is 18.1. The van der Waals surface area contributed by atoms with Gasteiger partial charge in [0.2, 0.25) is 0 Å². The molecule has 0 atom stereocenters. The van der Waals surface area contributed by atoms with Crippen LogP contribution in [0.2, 0.25) is 0 Å². The monoisotopic (exact) mass is 324 g/mol. The van der Waals surface area contributed by atoms with Gasteiger partial charge in [-0.05, 0) is 25.5 Å².